The van der Waals surface area contributed by atoms with E-state index in [-0.39, 0.29) is 24.5 Å². The molecule has 150 valence electrons. The number of hydrogen-bond acceptors (Lipinski definition) is 4. The van der Waals surface area contributed by atoms with Crippen LogP contribution in [0.15, 0.2) is 83.9 Å². The number of aromatic nitrogens is 1. The predicted octanol–water partition coefficient (Wildman–Crippen LogP) is 2.73. The van der Waals surface area contributed by atoms with Crippen molar-refractivity contribution < 1.29 is 17.6 Å². The van der Waals surface area contributed by atoms with Crippen LogP contribution in [-0.2, 0) is 27.9 Å². The lowest BCUT2D eigenvalue weighted by molar-refractivity contribution is -0.121. The molecular weight excluding hydrogens is 393 g/mol. The number of nitrogens with zero attached hydrogens (tertiary/aromatic N) is 2. The molecule has 29 heavy (non-hydrogen) atoms. The van der Waals surface area contributed by atoms with Crippen LogP contribution in [-0.4, -0.2) is 30.2 Å². The van der Waals surface area contributed by atoms with Crippen LogP contribution in [0, 0.1) is 5.82 Å². The van der Waals surface area contributed by atoms with Crippen molar-refractivity contribution in [2.24, 2.45) is 0 Å². The van der Waals surface area contributed by atoms with Gasteiger partial charge in [0, 0.05) is 12.7 Å². The second kappa shape index (κ2) is 9.40. The molecule has 1 heterocycles. The fourth-order valence-electron chi connectivity index (χ4n) is 2.67. The minimum Gasteiger partial charge on any atom is -0.349 e. The third-order valence-corrected chi connectivity index (χ3v) is 5.97. The van der Waals surface area contributed by atoms with Gasteiger partial charge in [0.2, 0.25) is 15.9 Å². The summed E-state index contributed by atoms with van der Waals surface area (Å²) in [5, 5.41) is 2.68. The standard InChI is InChI=1S/C21H20FN3O3S/c22-18-11-9-17(10-12-18)15-25(29(27,28)20-7-2-1-3-8-20)16-21(26)24-14-19-6-4-5-13-23-19/h1-13H,14-16H2,(H,24,26). The molecule has 0 unspecified atom stereocenters. The van der Waals surface area contributed by atoms with Gasteiger partial charge < -0.3 is 5.32 Å². The maximum Gasteiger partial charge on any atom is 0.243 e. The molecular formula is C21H20FN3O3S. The van der Waals surface area contributed by atoms with Gasteiger partial charge in [0.1, 0.15) is 5.82 Å². The van der Waals surface area contributed by atoms with E-state index in [0.717, 1.165) is 4.31 Å². The molecule has 1 aromatic heterocycles. The van der Waals surface area contributed by atoms with Crippen LogP contribution in [0.4, 0.5) is 4.39 Å². The molecule has 0 atom stereocenters. The number of halogens is 1. The van der Waals surface area contributed by atoms with Crippen LogP contribution in [0.5, 0.6) is 0 Å². The van der Waals surface area contributed by atoms with Crippen LogP contribution >= 0.6 is 0 Å². The molecule has 0 radical (unpaired) electrons. The van der Waals surface area contributed by atoms with Crippen LogP contribution < -0.4 is 5.32 Å². The van der Waals surface area contributed by atoms with Crippen LogP contribution in [0.1, 0.15) is 11.3 Å². The number of rotatable bonds is 8. The molecule has 0 saturated carbocycles. The molecule has 0 aliphatic carbocycles. The third-order valence-electron chi connectivity index (χ3n) is 4.17. The number of hydrogen-bond donors (Lipinski definition) is 1. The van der Waals surface area contributed by atoms with E-state index < -0.39 is 21.7 Å². The quantitative estimate of drug-likeness (QED) is 0.616. The summed E-state index contributed by atoms with van der Waals surface area (Å²) < 4.78 is 40.4. The molecule has 1 N–H and O–H groups in total. The van der Waals surface area contributed by atoms with E-state index in [9.17, 15) is 17.6 Å². The van der Waals surface area contributed by atoms with Gasteiger partial charge in [-0.15, -0.1) is 0 Å². The van der Waals surface area contributed by atoms with Crippen molar-refractivity contribution >= 4 is 15.9 Å². The summed E-state index contributed by atoms with van der Waals surface area (Å²) in [5.41, 5.74) is 1.24. The van der Waals surface area contributed by atoms with Gasteiger partial charge in [-0.05, 0) is 42.0 Å². The largest absolute Gasteiger partial charge is 0.349 e. The van der Waals surface area contributed by atoms with E-state index >= 15 is 0 Å². The van der Waals surface area contributed by atoms with Gasteiger partial charge in [-0.2, -0.15) is 4.31 Å². The smallest absolute Gasteiger partial charge is 0.243 e. The maximum absolute atomic E-state index is 13.2. The Morgan fingerprint density at radius 3 is 2.31 bits per heavy atom. The highest BCUT2D eigenvalue weighted by Gasteiger charge is 2.26. The average molecular weight is 413 g/mol. The summed E-state index contributed by atoms with van der Waals surface area (Å²) in [6.07, 6.45) is 1.61. The first-order valence-corrected chi connectivity index (χ1v) is 10.4. The minimum absolute atomic E-state index is 0.0610. The minimum atomic E-state index is -3.92. The van der Waals surface area contributed by atoms with E-state index in [0.29, 0.717) is 11.3 Å². The van der Waals surface area contributed by atoms with Gasteiger partial charge in [0.05, 0.1) is 23.7 Å². The first-order chi connectivity index (χ1) is 13.9. The second-order valence-electron chi connectivity index (χ2n) is 6.31. The first-order valence-electron chi connectivity index (χ1n) is 8.91. The zero-order chi connectivity index (χ0) is 20.7. The third kappa shape index (κ3) is 5.69. The van der Waals surface area contributed by atoms with Crippen molar-refractivity contribution in [2.45, 2.75) is 18.0 Å². The predicted molar refractivity (Wildman–Crippen MR) is 107 cm³/mol. The maximum atomic E-state index is 13.2. The summed E-state index contributed by atoms with van der Waals surface area (Å²) in [6, 6.07) is 18.7. The van der Waals surface area contributed by atoms with Gasteiger partial charge in [0.25, 0.3) is 0 Å². The molecule has 8 heteroatoms. The van der Waals surface area contributed by atoms with Crippen molar-refractivity contribution in [3.63, 3.8) is 0 Å². The van der Waals surface area contributed by atoms with E-state index in [1.54, 1.807) is 42.6 Å². The van der Waals surface area contributed by atoms with Gasteiger partial charge in [-0.3, -0.25) is 9.78 Å². The number of nitrogens with one attached hydrogen (secondary N) is 1. The lowest BCUT2D eigenvalue weighted by Crippen LogP contribution is -2.40. The van der Waals surface area contributed by atoms with Crippen molar-refractivity contribution in [2.75, 3.05) is 6.54 Å². The second-order valence-corrected chi connectivity index (χ2v) is 8.25. The van der Waals surface area contributed by atoms with Gasteiger partial charge in [0.15, 0.2) is 0 Å². The zero-order valence-electron chi connectivity index (χ0n) is 15.5. The number of pyridine rings is 1. The van der Waals surface area contributed by atoms with E-state index in [2.05, 4.69) is 10.3 Å². The molecule has 3 rings (SSSR count). The topological polar surface area (TPSA) is 79.4 Å². The van der Waals surface area contributed by atoms with Crippen molar-refractivity contribution in [3.05, 3.63) is 96.1 Å². The summed E-state index contributed by atoms with van der Waals surface area (Å²) in [4.78, 5) is 16.6. The van der Waals surface area contributed by atoms with E-state index in [1.165, 1.54) is 36.4 Å². The lowest BCUT2D eigenvalue weighted by atomic mass is 10.2. The van der Waals surface area contributed by atoms with Gasteiger partial charge in [-0.25, -0.2) is 12.8 Å². The molecule has 0 spiro atoms. The Morgan fingerprint density at radius 1 is 0.966 bits per heavy atom. The Balaban J connectivity index is 1.78. The van der Waals surface area contributed by atoms with Crippen LogP contribution in [0.25, 0.3) is 0 Å². The number of carbonyl (C=O) groups is 1. The lowest BCUT2D eigenvalue weighted by Gasteiger charge is -2.22. The number of sulfonamides is 1. The fraction of sp³-hybridized carbons (Fsp3) is 0.143. The average Bonchev–Trinajstić information content (AvgIpc) is 2.74. The molecule has 0 saturated heterocycles. The van der Waals surface area contributed by atoms with Gasteiger partial charge >= 0.3 is 0 Å². The van der Waals surface area contributed by atoms with Gasteiger partial charge in [-0.1, -0.05) is 36.4 Å². The Hall–Kier alpha value is -3.10. The highest BCUT2D eigenvalue weighted by Crippen LogP contribution is 2.18. The summed E-state index contributed by atoms with van der Waals surface area (Å²) in [7, 11) is -3.92. The van der Waals surface area contributed by atoms with Crippen LogP contribution in [0.2, 0.25) is 0 Å². The first kappa shape index (κ1) is 20.6. The Bertz CT molecular complexity index is 1040. The Morgan fingerprint density at radius 2 is 1.66 bits per heavy atom. The fourth-order valence-corrected chi connectivity index (χ4v) is 4.07. The molecule has 0 aliphatic rings. The summed E-state index contributed by atoms with van der Waals surface area (Å²) in [6.45, 7) is -0.245. The number of amides is 1. The molecule has 1 amide bonds. The van der Waals surface area contributed by atoms with E-state index in [1.807, 2.05) is 0 Å². The Labute approximate surface area is 169 Å². The van der Waals surface area contributed by atoms with E-state index in [4.69, 9.17) is 0 Å². The SMILES string of the molecule is O=C(CN(Cc1ccc(F)cc1)S(=O)(=O)c1ccccc1)NCc1ccccn1. The molecule has 3 aromatic rings. The molecule has 0 fully saturated rings. The zero-order valence-corrected chi connectivity index (χ0v) is 16.3. The summed E-state index contributed by atoms with van der Waals surface area (Å²) in [5.74, 6) is -0.878. The number of benzene rings is 2. The highest BCUT2D eigenvalue weighted by atomic mass is 32.2. The van der Waals surface area contributed by atoms with Crippen molar-refractivity contribution in [1.82, 2.24) is 14.6 Å². The molecule has 2 aromatic carbocycles. The van der Waals surface area contributed by atoms with Crippen molar-refractivity contribution in [3.8, 4) is 0 Å². The molecule has 0 bridgehead atoms. The Kier molecular flexibility index (Phi) is 6.69. The number of carbonyl (C=O) groups excluding carboxylic acids is 1. The monoisotopic (exact) mass is 413 g/mol. The normalized spacial score (nSPS) is 11.4. The molecule has 6 nitrogen and oxygen atoms in total. The van der Waals surface area contributed by atoms with Crippen LogP contribution in [0.3, 0.4) is 0 Å². The summed E-state index contributed by atoms with van der Waals surface area (Å²) >= 11 is 0. The molecule has 0 aliphatic heterocycles. The van der Waals surface area contributed by atoms with Crippen molar-refractivity contribution in [1.29, 1.82) is 0 Å². The highest BCUT2D eigenvalue weighted by molar-refractivity contribution is 7.89.